The molecule has 0 saturated carbocycles. The molecule has 0 unspecified atom stereocenters. The largest absolute Gasteiger partial charge is 0.495 e. The number of rotatable bonds is 10. The number of nitrogens with one attached hydrogen (secondary N) is 1. The molecule has 1 aliphatic rings. The van der Waals surface area contributed by atoms with Gasteiger partial charge in [-0.3, -0.25) is 14.5 Å². The number of nitrogens with zero attached hydrogens (tertiary/aromatic N) is 1. The van der Waals surface area contributed by atoms with E-state index >= 15 is 0 Å². The molecule has 0 saturated heterocycles. The Morgan fingerprint density at radius 1 is 0.968 bits per heavy atom. The van der Waals surface area contributed by atoms with Crippen LogP contribution in [0.5, 0.6) is 11.5 Å². The summed E-state index contributed by atoms with van der Waals surface area (Å²) in [6.45, 7) is 5.18. The van der Waals surface area contributed by atoms with E-state index in [1.54, 1.807) is 43.5 Å². The molecule has 7 heteroatoms. The molecule has 1 aliphatic heterocycles. The first kappa shape index (κ1) is 22.4. The average Bonchev–Trinajstić information content (AvgIpc) is 3.00. The van der Waals surface area contributed by atoms with Crippen molar-refractivity contribution in [1.82, 2.24) is 4.90 Å². The third-order valence-electron chi connectivity index (χ3n) is 4.78. The molecule has 0 atom stereocenters. The van der Waals surface area contributed by atoms with Crippen molar-refractivity contribution in [3.63, 3.8) is 0 Å². The van der Waals surface area contributed by atoms with Crippen molar-refractivity contribution in [1.29, 1.82) is 0 Å². The zero-order chi connectivity index (χ0) is 22.4. The highest BCUT2D eigenvalue weighted by atomic mass is 16.5. The summed E-state index contributed by atoms with van der Waals surface area (Å²) in [5.74, 6) is 0.925. The van der Waals surface area contributed by atoms with Crippen molar-refractivity contribution in [2.75, 3.05) is 39.3 Å². The van der Waals surface area contributed by atoms with Gasteiger partial charge in [0.25, 0.3) is 11.8 Å². The molecular weight excluding hydrogens is 396 g/mol. The number of carbonyl (C=O) groups is 2. The number of benzene rings is 2. The van der Waals surface area contributed by atoms with E-state index in [1.807, 2.05) is 12.1 Å². The Morgan fingerprint density at radius 3 is 2.32 bits per heavy atom. The molecular formula is C24H28N2O5. The van der Waals surface area contributed by atoms with Crippen LogP contribution in [0.1, 0.15) is 19.4 Å². The van der Waals surface area contributed by atoms with Crippen LogP contribution in [0.25, 0.3) is 5.57 Å². The summed E-state index contributed by atoms with van der Waals surface area (Å²) >= 11 is 0. The molecule has 0 spiro atoms. The van der Waals surface area contributed by atoms with Crippen LogP contribution in [0.3, 0.4) is 0 Å². The maximum absolute atomic E-state index is 13.2. The predicted molar refractivity (Wildman–Crippen MR) is 119 cm³/mol. The summed E-state index contributed by atoms with van der Waals surface area (Å²) in [5, 5.41) is 3.12. The van der Waals surface area contributed by atoms with Crippen molar-refractivity contribution in [2.24, 2.45) is 5.92 Å². The number of para-hydroxylation sites is 2. The maximum Gasteiger partial charge on any atom is 0.278 e. The molecule has 1 N–H and O–H groups in total. The second-order valence-corrected chi connectivity index (χ2v) is 7.56. The lowest BCUT2D eigenvalue weighted by molar-refractivity contribution is -0.137. The molecule has 3 rings (SSSR count). The first-order chi connectivity index (χ1) is 15.0. The van der Waals surface area contributed by atoms with E-state index in [-0.39, 0.29) is 24.8 Å². The molecule has 0 bridgehead atoms. The minimum absolute atomic E-state index is 0.171. The van der Waals surface area contributed by atoms with Crippen LogP contribution in [0.4, 0.5) is 5.69 Å². The number of ether oxygens (including phenoxy) is 3. The van der Waals surface area contributed by atoms with Gasteiger partial charge in [0.05, 0.1) is 38.1 Å². The molecule has 164 valence electrons. The Labute approximate surface area is 182 Å². The van der Waals surface area contributed by atoms with E-state index in [2.05, 4.69) is 19.2 Å². The van der Waals surface area contributed by atoms with Gasteiger partial charge in [-0.25, -0.2) is 0 Å². The van der Waals surface area contributed by atoms with Crippen LogP contribution in [0.2, 0.25) is 0 Å². The van der Waals surface area contributed by atoms with Gasteiger partial charge in [-0.05, 0) is 35.7 Å². The Balaban J connectivity index is 1.98. The van der Waals surface area contributed by atoms with Crippen LogP contribution >= 0.6 is 0 Å². The predicted octanol–water partition coefficient (Wildman–Crippen LogP) is 3.57. The van der Waals surface area contributed by atoms with Crippen LogP contribution < -0.4 is 14.8 Å². The first-order valence-corrected chi connectivity index (χ1v) is 10.2. The van der Waals surface area contributed by atoms with E-state index in [0.717, 1.165) is 0 Å². The van der Waals surface area contributed by atoms with Crippen molar-refractivity contribution in [3.8, 4) is 11.5 Å². The van der Waals surface area contributed by atoms with Crippen LogP contribution in [-0.4, -0.2) is 50.7 Å². The number of carbonyl (C=O) groups excluding carboxylic acids is 2. The van der Waals surface area contributed by atoms with Crippen molar-refractivity contribution in [2.45, 2.75) is 13.8 Å². The average molecular weight is 424 g/mol. The Bertz CT molecular complexity index is 966. The van der Waals surface area contributed by atoms with Crippen molar-refractivity contribution in [3.05, 3.63) is 59.8 Å². The van der Waals surface area contributed by atoms with Gasteiger partial charge in [0.1, 0.15) is 17.2 Å². The van der Waals surface area contributed by atoms with Gasteiger partial charge in [-0.2, -0.15) is 0 Å². The van der Waals surface area contributed by atoms with E-state index in [0.29, 0.717) is 40.8 Å². The Kier molecular flexibility index (Phi) is 7.31. The van der Waals surface area contributed by atoms with Gasteiger partial charge in [0.2, 0.25) is 0 Å². The fourth-order valence-electron chi connectivity index (χ4n) is 3.21. The Morgan fingerprint density at radius 2 is 1.68 bits per heavy atom. The Hall–Kier alpha value is -3.32. The van der Waals surface area contributed by atoms with Crippen molar-refractivity contribution >= 4 is 23.1 Å². The van der Waals surface area contributed by atoms with E-state index in [9.17, 15) is 9.59 Å². The number of amides is 2. The summed E-state index contributed by atoms with van der Waals surface area (Å²) in [7, 11) is 3.08. The molecule has 0 fully saturated rings. The zero-order valence-electron chi connectivity index (χ0n) is 18.3. The first-order valence-electron chi connectivity index (χ1n) is 10.2. The summed E-state index contributed by atoms with van der Waals surface area (Å²) in [6, 6.07) is 14.4. The van der Waals surface area contributed by atoms with Gasteiger partial charge >= 0.3 is 0 Å². The molecule has 0 radical (unpaired) electrons. The van der Waals surface area contributed by atoms with E-state index in [4.69, 9.17) is 14.2 Å². The topological polar surface area (TPSA) is 77.1 Å². The normalized spacial score (nSPS) is 13.9. The number of hydrogen-bond acceptors (Lipinski definition) is 6. The molecule has 31 heavy (non-hydrogen) atoms. The monoisotopic (exact) mass is 424 g/mol. The second-order valence-electron chi connectivity index (χ2n) is 7.56. The minimum atomic E-state index is -0.400. The molecule has 2 amide bonds. The highest BCUT2D eigenvalue weighted by Gasteiger charge is 2.39. The molecule has 0 aromatic heterocycles. The van der Waals surface area contributed by atoms with E-state index in [1.165, 1.54) is 12.0 Å². The standard InChI is InChI=1S/C24H28N2O5/c1-16(2)15-31-18-11-9-17(10-12-18)21-22(24(28)26(23(21)27)13-14-29-3)25-19-7-5-6-8-20(19)30-4/h5-12,16,25H,13-15H2,1-4H3. The summed E-state index contributed by atoms with van der Waals surface area (Å²) < 4.78 is 16.2. The minimum Gasteiger partial charge on any atom is -0.495 e. The van der Waals surface area contributed by atoms with Crippen LogP contribution in [-0.2, 0) is 14.3 Å². The number of hydrogen-bond donors (Lipinski definition) is 1. The van der Waals surface area contributed by atoms with Gasteiger partial charge < -0.3 is 19.5 Å². The summed E-state index contributed by atoms with van der Waals surface area (Å²) in [4.78, 5) is 27.5. The van der Waals surface area contributed by atoms with Gasteiger partial charge in [0.15, 0.2) is 0 Å². The lowest BCUT2D eigenvalue weighted by atomic mass is 10.0. The quantitative estimate of drug-likeness (QED) is 0.588. The molecule has 1 heterocycles. The second kappa shape index (κ2) is 10.1. The highest BCUT2D eigenvalue weighted by Crippen LogP contribution is 2.33. The lowest BCUT2D eigenvalue weighted by Crippen LogP contribution is -2.35. The van der Waals surface area contributed by atoms with Crippen LogP contribution in [0, 0.1) is 5.92 Å². The summed E-state index contributed by atoms with van der Waals surface area (Å²) in [6.07, 6.45) is 0. The fourth-order valence-corrected chi connectivity index (χ4v) is 3.21. The SMILES string of the molecule is COCCN1C(=O)C(Nc2ccccc2OC)=C(c2ccc(OCC(C)C)cc2)C1=O. The van der Waals surface area contributed by atoms with Crippen molar-refractivity contribution < 1.29 is 23.8 Å². The molecule has 2 aromatic carbocycles. The maximum atomic E-state index is 13.2. The summed E-state index contributed by atoms with van der Waals surface area (Å²) in [5.41, 5.74) is 1.75. The van der Waals surface area contributed by atoms with Gasteiger partial charge in [-0.15, -0.1) is 0 Å². The van der Waals surface area contributed by atoms with Gasteiger partial charge in [-0.1, -0.05) is 38.1 Å². The van der Waals surface area contributed by atoms with Gasteiger partial charge in [0, 0.05) is 7.11 Å². The highest BCUT2D eigenvalue weighted by molar-refractivity contribution is 6.36. The molecule has 7 nitrogen and oxygen atoms in total. The number of methoxy groups -OCH3 is 2. The van der Waals surface area contributed by atoms with Crippen LogP contribution in [0.15, 0.2) is 54.2 Å². The molecule has 2 aromatic rings. The molecule has 0 aliphatic carbocycles. The third-order valence-corrected chi connectivity index (χ3v) is 4.78. The number of imide groups is 1. The lowest BCUT2D eigenvalue weighted by Gasteiger charge is -2.15. The smallest absolute Gasteiger partial charge is 0.278 e. The van der Waals surface area contributed by atoms with E-state index < -0.39 is 5.91 Å². The number of anilines is 1. The third kappa shape index (κ3) is 5.06. The fraction of sp³-hybridized carbons (Fsp3) is 0.333. The zero-order valence-corrected chi connectivity index (χ0v) is 18.3.